The molecule has 3 unspecified atom stereocenters. The van der Waals surface area contributed by atoms with Crippen molar-refractivity contribution in [3.8, 4) is 0 Å². The lowest BCUT2D eigenvalue weighted by atomic mass is 9.98. The molecule has 0 spiro atoms. The van der Waals surface area contributed by atoms with Crippen molar-refractivity contribution < 1.29 is 0 Å². The third kappa shape index (κ3) is 1.69. The Morgan fingerprint density at radius 2 is 1.80 bits per heavy atom. The fourth-order valence-electron chi connectivity index (χ4n) is 3.53. The summed E-state index contributed by atoms with van der Waals surface area (Å²) >= 11 is 0. The van der Waals surface area contributed by atoms with E-state index < -0.39 is 0 Å². The van der Waals surface area contributed by atoms with Crippen molar-refractivity contribution in [2.75, 3.05) is 0 Å². The normalized spacial score (nSPS) is 34.9. The number of fused-ring (bicyclic) bond motifs is 1. The van der Waals surface area contributed by atoms with Gasteiger partial charge in [-0.2, -0.15) is 0 Å². The van der Waals surface area contributed by atoms with Crippen LogP contribution in [0, 0.1) is 17.8 Å². The Hall–Kier alpha value is -0.820. The van der Waals surface area contributed by atoms with Crippen LogP contribution in [-0.4, -0.2) is 6.04 Å². The fourth-order valence-corrected chi connectivity index (χ4v) is 3.53. The zero-order chi connectivity index (χ0) is 10.3. The van der Waals surface area contributed by atoms with E-state index in [2.05, 4.69) is 30.3 Å². The van der Waals surface area contributed by atoms with Crippen molar-refractivity contribution in [2.24, 2.45) is 23.5 Å². The minimum atomic E-state index is 0.405. The summed E-state index contributed by atoms with van der Waals surface area (Å²) in [6.07, 6.45) is 5.40. The van der Waals surface area contributed by atoms with Crippen LogP contribution in [0.5, 0.6) is 0 Å². The largest absolute Gasteiger partial charge is 0.327 e. The molecule has 2 N–H and O–H groups in total. The zero-order valence-electron chi connectivity index (χ0n) is 9.10. The number of nitrogens with two attached hydrogens (primary N) is 1. The van der Waals surface area contributed by atoms with Crippen LogP contribution >= 0.6 is 0 Å². The molecule has 0 aromatic heterocycles. The molecule has 0 radical (unpaired) electrons. The standard InChI is InChI=1S/C14H19N/c15-13(9-10-5-2-1-3-6-10)14-11-7-4-8-12(11)14/h1-3,5-6,11-14H,4,7-9,15H2. The molecule has 15 heavy (non-hydrogen) atoms. The van der Waals surface area contributed by atoms with Crippen LogP contribution < -0.4 is 5.73 Å². The Kier molecular flexibility index (Phi) is 2.28. The van der Waals surface area contributed by atoms with Gasteiger partial charge in [0, 0.05) is 6.04 Å². The molecule has 1 nitrogen and oxygen atoms in total. The van der Waals surface area contributed by atoms with E-state index in [1.165, 1.54) is 24.8 Å². The Balaban J connectivity index is 1.60. The summed E-state index contributed by atoms with van der Waals surface area (Å²) in [5.41, 5.74) is 7.70. The smallest absolute Gasteiger partial charge is 0.0113 e. The quantitative estimate of drug-likeness (QED) is 0.799. The van der Waals surface area contributed by atoms with Gasteiger partial charge in [0.1, 0.15) is 0 Å². The summed E-state index contributed by atoms with van der Waals surface area (Å²) in [5.74, 6) is 2.83. The average Bonchev–Trinajstić information content (AvgIpc) is 2.75. The lowest BCUT2D eigenvalue weighted by Gasteiger charge is -2.13. The summed E-state index contributed by atoms with van der Waals surface area (Å²) in [4.78, 5) is 0. The Morgan fingerprint density at radius 1 is 1.13 bits per heavy atom. The van der Waals surface area contributed by atoms with Gasteiger partial charge in [0.15, 0.2) is 0 Å². The highest BCUT2D eigenvalue weighted by Gasteiger charge is 2.54. The minimum absolute atomic E-state index is 0.405. The summed E-state index contributed by atoms with van der Waals surface area (Å²) in [6, 6.07) is 11.1. The van der Waals surface area contributed by atoms with Gasteiger partial charge in [0.2, 0.25) is 0 Å². The predicted molar refractivity (Wildman–Crippen MR) is 62.4 cm³/mol. The van der Waals surface area contributed by atoms with Crippen molar-refractivity contribution in [3.05, 3.63) is 35.9 Å². The first-order chi connectivity index (χ1) is 7.36. The average molecular weight is 201 g/mol. The third-order valence-electron chi connectivity index (χ3n) is 4.28. The van der Waals surface area contributed by atoms with Gasteiger partial charge in [-0.15, -0.1) is 0 Å². The molecule has 2 saturated carbocycles. The van der Waals surface area contributed by atoms with Crippen LogP contribution in [0.2, 0.25) is 0 Å². The first-order valence-corrected chi connectivity index (χ1v) is 6.16. The van der Waals surface area contributed by atoms with Crippen molar-refractivity contribution >= 4 is 0 Å². The molecule has 2 aliphatic rings. The highest BCUT2D eigenvalue weighted by atomic mass is 14.7. The molecule has 0 amide bonds. The molecule has 0 saturated heterocycles. The predicted octanol–water partition coefficient (Wildman–Crippen LogP) is 2.60. The SMILES string of the molecule is NC(Cc1ccccc1)C1C2CCCC21. The van der Waals surface area contributed by atoms with Gasteiger partial charge in [0.05, 0.1) is 0 Å². The summed E-state index contributed by atoms with van der Waals surface area (Å²) in [5, 5.41) is 0. The van der Waals surface area contributed by atoms with E-state index in [0.717, 1.165) is 24.2 Å². The first-order valence-electron chi connectivity index (χ1n) is 6.16. The molecule has 3 rings (SSSR count). The van der Waals surface area contributed by atoms with E-state index >= 15 is 0 Å². The molecule has 1 aromatic carbocycles. The lowest BCUT2D eigenvalue weighted by molar-refractivity contribution is 0.484. The van der Waals surface area contributed by atoms with Gasteiger partial charge in [-0.05, 0) is 42.6 Å². The van der Waals surface area contributed by atoms with Crippen LogP contribution in [0.1, 0.15) is 24.8 Å². The van der Waals surface area contributed by atoms with Crippen LogP contribution in [0.15, 0.2) is 30.3 Å². The maximum atomic E-state index is 6.30. The van der Waals surface area contributed by atoms with Gasteiger partial charge in [-0.1, -0.05) is 36.8 Å². The molecule has 2 aliphatic carbocycles. The monoisotopic (exact) mass is 201 g/mol. The number of rotatable bonds is 3. The van der Waals surface area contributed by atoms with Crippen molar-refractivity contribution in [1.29, 1.82) is 0 Å². The number of benzene rings is 1. The second-order valence-electron chi connectivity index (χ2n) is 5.19. The van der Waals surface area contributed by atoms with Gasteiger partial charge in [-0.3, -0.25) is 0 Å². The van der Waals surface area contributed by atoms with Gasteiger partial charge in [0.25, 0.3) is 0 Å². The number of hydrogen-bond donors (Lipinski definition) is 1. The van der Waals surface area contributed by atoms with Crippen LogP contribution in [0.25, 0.3) is 0 Å². The molecule has 0 bridgehead atoms. The van der Waals surface area contributed by atoms with Crippen molar-refractivity contribution in [3.63, 3.8) is 0 Å². The molecule has 1 heteroatoms. The second-order valence-corrected chi connectivity index (χ2v) is 5.19. The first kappa shape index (κ1) is 9.41. The van der Waals surface area contributed by atoms with E-state index in [1.54, 1.807) is 0 Å². The molecular weight excluding hydrogens is 182 g/mol. The lowest BCUT2D eigenvalue weighted by Crippen LogP contribution is -2.27. The summed E-state index contributed by atoms with van der Waals surface area (Å²) in [6.45, 7) is 0. The van der Waals surface area contributed by atoms with E-state index in [0.29, 0.717) is 6.04 Å². The molecule has 3 atom stereocenters. The minimum Gasteiger partial charge on any atom is -0.327 e. The molecular formula is C14H19N. The molecule has 80 valence electrons. The topological polar surface area (TPSA) is 26.0 Å². The maximum Gasteiger partial charge on any atom is 0.0113 e. The van der Waals surface area contributed by atoms with Gasteiger partial charge < -0.3 is 5.73 Å². The van der Waals surface area contributed by atoms with Gasteiger partial charge in [-0.25, -0.2) is 0 Å². The Morgan fingerprint density at radius 3 is 2.47 bits per heavy atom. The Bertz CT molecular complexity index is 322. The molecule has 0 aliphatic heterocycles. The van der Waals surface area contributed by atoms with E-state index in [4.69, 9.17) is 5.73 Å². The Labute approximate surface area is 91.7 Å². The van der Waals surface area contributed by atoms with Crippen LogP contribution in [0.4, 0.5) is 0 Å². The highest BCUT2D eigenvalue weighted by Crippen LogP contribution is 2.58. The van der Waals surface area contributed by atoms with Crippen LogP contribution in [-0.2, 0) is 6.42 Å². The van der Waals surface area contributed by atoms with E-state index in [9.17, 15) is 0 Å². The van der Waals surface area contributed by atoms with E-state index in [1.807, 2.05) is 0 Å². The molecule has 0 heterocycles. The third-order valence-corrected chi connectivity index (χ3v) is 4.28. The second kappa shape index (κ2) is 3.64. The van der Waals surface area contributed by atoms with Gasteiger partial charge >= 0.3 is 0 Å². The number of hydrogen-bond acceptors (Lipinski definition) is 1. The molecule has 2 fully saturated rings. The van der Waals surface area contributed by atoms with Crippen LogP contribution in [0.3, 0.4) is 0 Å². The van der Waals surface area contributed by atoms with Crippen molar-refractivity contribution in [1.82, 2.24) is 0 Å². The highest BCUT2D eigenvalue weighted by molar-refractivity contribution is 5.18. The summed E-state index contributed by atoms with van der Waals surface area (Å²) in [7, 11) is 0. The van der Waals surface area contributed by atoms with Crippen molar-refractivity contribution in [2.45, 2.75) is 31.7 Å². The molecule has 1 aromatic rings. The zero-order valence-corrected chi connectivity index (χ0v) is 9.10. The van der Waals surface area contributed by atoms with E-state index in [-0.39, 0.29) is 0 Å². The fraction of sp³-hybridized carbons (Fsp3) is 0.571. The summed E-state index contributed by atoms with van der Waals surface area (Å²) < 4.78 is 0. The maximum absolute atomic E-state index is 6.30.